The molecule has 0 aromatic carbocycles. The molecule has 0 fully saturated rings. The van der Waals surface area contributed by atoms with E-state index in [1.165, 1.54) is 180 Å². The summed E-state index contributed by atoms with van der Waals surface area (Å²) in [5.74, 6) is -0.873. The van der Waals surface area contributed by atoms with Gasteiger partial charge in [-0.2, -0.15) is 0 Å². The van der Waals surface area contributed by atoms with Crippen LogP contribution in [0, 0.1) is 0 Å². The van der Waals surface area contributed by atoms with Gasteiger partial charge in [0.25, 0.3) is 0 Å². The fourth-order valence-corrected chi connectivity index (χ4v) is 10.0. The van der Waals surface area contributed by atoms with E-state index in [1.807, 2.05) is 0 Å². The van der Waals surface area contributed by atoms with Crippen LogP contribution in [0.25, 0.3) is 0 Å². The van der Waals surface area contributed by atoms with Crippen molar-refractivity contribution in [1.29, 1.82) is 0 Å². The van der Waals surface area contributed by atoms with E-state index in [0.29, 0.717) is 19.3 Å². The number of carbonyl (C=O) groups is 3. The summed E-state index contributed by atoms with van der Waals surface area (Å²) in [7, 11) is 0. The second-order valence-corrected chi connectivity index (χ2v) is 23.4. The molecule has 0 aliphatic heterocycles. The van der Waals surface area contributed by atoms with Crippen LogP contribution >= 0.6 is 0 Å². The molecule has 0 spiro atoms. The molecule has 0 saturated heterocycles. The van der Waals surface area contributed by atoms with Crippen LogP contribution in [-0.2, 0) is 28.6 Å². The molecule has 0 radical (unpaired) electrons. The second kappa shape index (κ2) is 70.6. The molecule has 1 atom stereocenters. The Kier molecular flexibility index (Phi) is 67.2. The van der Waals surface area contributed by atoms with Crippen molar-refractivity contribution in [3.63, 3.8) is 0 Å². The van der Waals surface area contributed by atoms with Gasteiger partial charge in [-0.05, 0) is 89.9 Å². The van der Waals surface area contributed by atoms with Gasteiger partial charge >= 0.3 is 17.9 Å². The SMILES string of the molecule is CC/C=C\C/C=C\C/C=C\C/C=C\C/C=C\C/C=C\C/C=C\C/C=C\C/C=C\CCCCCCCCCC(=O)OCC(COC(=O)CCCCCCCCCCCCC)OC(=O)CCCCCCCCCCCCCCCCCCCCC. The predicted octanol–water partition coefficient (Wildman–Crippen LogP) is 24.6. The molecule has 6 heteroatoms. The van der Waals surface area contributed by atoms with Gasteiger partial charge in [0, 0.05) is 19.3 Å². The molecule has 476 valence electrons. The average molecular weight is 1150 g/mol. The van der Waals surface area contributed by atoms with Gasteiger partial charge in [0.2, 0.25) is 0 Å². The maximum absolute atomic E-state index is 12.9. The molecule has 0 aromatic rings. The molecule has 0 amide bonds. The minimum atomic E-state index is -0.780. The largest absolute Gasteiger partial charge is 0.462 e. The normalized spacial score (nSPS) is 12.8. The quantitative estimate of drug-likeness (QED) is 0.0261. The molecule has 6 nitrogen and oxygen atoms in total. The summed E-state index contributed by atoms with van der Waals surface area (Å²) in [6.45, 7) is 6.55. The summed E-state index contributed by atoms with van der Waals surface area (Å²) >= 11 is 0. The number of esters is 3. The average Bonchev–Trinajstić information content (AvgIpc) is 3.48. The van der Waals surface area contributed by atoms with Crippen molar-refractivity contribution in [3.05, 3.63) is 109 Å². The number of carbonyl (C=O) groups excluding carboxylic acids is 3. The molecule has 0 rings (SSSR count). The van der Waals surface area contributed by atoms with E-state index in [9.17, 15) is 14.4 Å². The summed E-state index contributed by atoms with van der Waals surface area (Å²) < 4.78 is 16.9. The zero-order valence-corrected chi connectivity index (χ0v) is 54.7. The first-order valence-corrected chi connectivity index (χ1v) is 35.4. The Bertz CT molecular complexity index is 1660. The lowest BCUT2D eigenvalue weighted by Crippen LogP contribution is -2.30. The Morgan fingerprint density at radius 1 is 0.253 bits per heavy atom. The van der Waals surface area contributed by atoms with Gasteiger partial charge in [0.15, 0.2) is 6.10 Å². The van der Waals surface area contributed by atoms with Crippen LogP contribution in [0.15, 0.2) is 109 Å². The van der Waals surface area contributed by atoms with Gasteiger partial charge in [0.05, 0.1) is 0 Å². The first kappa shape index (κ1) is 79.1. The lowest BCUT2D eigenvalue weighted by Gasteiger charge is -2.18. The van der Waals surface area contributed by atoms with Gasteiger partial charge < -0.3 is 14.2 Å². The first-order chi connectivity index (χ1) is 41.0. The molecule has 0 saturated carbocycles. The minimum absolute atomic E-state index is 0.0763. The fourth-order valence-electron chi connectivity index (χ4n) is 10.0. The Morgan fingerprint density at radius 2 is 0.470 bits per heavy atom. The Hall–Kier alpha value is -3.93. The Morgan fingerprint density at radius 3 is 0.735 bits per heavy atom. The van der Waals surface area contributed by atoms with Crippen LogP contribution in [0.3, 0.4) is 0 Å². The maximum atomic E-state index is 12.9. The van der Waals surface area contributed by atoms with Crippen molar-refractivity contribution in [2.75, 3.05) is 13.2 Å². The summed E-state index contributed by atoms with van der Waals surface area (Å²) in [6.07, 6.45) is 96.9. The van der Waals surface area contributed by atoms with Crippen LogP contribution in [0.5, 0.6) is 0 Å². The summed E-state index contributed by atoms with van der Waals surface area (Å²) in [5.41, 5.74) is 0. The van der Waals surface area contributed by atoms with Crippen molar-refractivity contribution in [3.8, 4) is 0 Å². The fraction of sp³-hybridized carbons (Fsp3) is 0.727. The van der Waals surface area contributed by atoms with E-state index in [1.54, 1.807) is 0 Å². The van der Waals surface area contributed by atoms with E-state index >= 15 is 0 Å². The van der Waals surface area contributed by atoms with Crippen molar-refractivity contribution < 1.29 is 28.6 Å². The zero-order valence-electron chi connectivity index (χ0n) is 54.7. The third-order valence-corrected chi connectivity index (χ3v) is 15.3. The molecule has 0 aliphatic carbocycles. The van der Waals surface area contributed by atoms with E-state index in [4.69, 9.17) is 14.2 Å². The van der Waals surface area contributed by atoms with Crippen molar-refractivity contribution in [2.45, 2.75) is 348 Å². The first-order valence-electron chi connectivity index (χ1n) is 35.4. The third-order valence-electron chi connectivity index (χ3n) is 15.3. The minimum Gasteiger partial charge on any atom is -0.462 e. The number of hydrogen-bond donors (Lipinski definition) is 0. The molecule has 83 heavy (non-hydrogen) atoms. The van der Waals surface area contributed by atoms with Crippen LogP contribution in [-0.4, -0.2) is 37.2 Å². The highest BCUT2D eigenvalue weighted by Gasteiger charge is 2.19. The van der Waals surface area contributed by atoms with E-state index < -0.39 is 6.10 Å². The Balaban J connectivity index is 4.23. The zero-order chi connectivity index (χ0) is 59.9. The molecule has 0 N–H and O–H groups in total. The number of unbranched alkanes of at least 4 members (excludes halogenated alkanes) is 35. The van der Waals surface area contributed by atoms with Gasteiger partial charge in [-0.3, -0.25) is 14.4 Å². The topological polar surface area (TPSA) is 78.9 Å². The molecule has 0 aromatic heterocycles. The van der Waals surface area contributed by atoms with Crippen LogP contribution in [0.2, 0.25) is 0 Å². The van der Waals surface area contributed by atoms with Crippen molar-refractivity contribution >= 4 is 17.9 Å². The van der Waals surface area contributed by atoms with E-state index in [-0.39, 0.29) is 31.1 Å². The molecule has 1 unspecified atom stereocenters. The van der Waals surface area contributed by atoms with E-state index in [0.717, 1.165) is 122 Å². The molecular weight excluding hydrogens is 1020 g/mol. The van der Waals surface area contributed by atoms with Gasteiger partial charge in [-0.1, -0.05) is 342 Å². The number of allylic oxidation sites excluding steroid dienone is 18. The smallest absolute Gasteiger partial charge is 0.306 e. The molecule has 0 heterocycles. The van der Waals surface area contributed by atoms with Gasteiger partial charge in [-0.15, -0.1) is 0 Å². The summed E-state index contributed by atoms with van der Waals surface area (Å²) in [4.78, 5) is 38.3. The lowest BCUT2D eigenvalue weighted by molar-refractivity contribution is -0.167. The second-order valence-electron chi connectivity index (χ2n) is 23.4. The number of ether oxygens (including phenoxy) is 3. The maximum Gasteiger partial charge on any atom is 0.306 e. The van der Waals surface area contributed by atoms with Crippen molar-refractivity contribution in [2.24, 2.45) is 0 Å². The monoisotopic (exact) mass is 1150 g/mol. The highest BCUT2D eigenvalue weighted by atomic mass is 16.6. The van der Waals surface area contributed by atoms with Crippen LogP contribution < -0.4 is 0 Å². The predicted molar refractivity (Wildman–Crippen MR) is 362 cm³/mol. The molecular formula is C77H132O6. The third kappa shape index (κ3) is 68.7. The Labute approximate surface area is 514 Å². The van der Waals surface area contributed by atoms with Gasteiger partial charge in [0.1, 0.15) is 13.2 Å². The standard InChI is InChI=1S/C77H132O6/c1-4-7-10-13-16-19-22-24-26-28-30-31-32-33-34-35-36-37-38-39-40-41-42-43-44-45-47-48-50-52-55-58-61-64-67-70-76(79)82-73-74(72-81-75(78)69-66-63-60-57-54-21-18-15-12-9-6-3)83-77(80)71-68-65-62-59-56-53-51-49-46-29-27-25-23-20-17-14-11-8-5-2/h7,10,16,19,24,26,30-31,33-34,36-37,39-40,42-43,45,47,74H,4-6,8-9,11-15,17-18,20-23,25,27-29,32,35,38,41,44,46,48-73H2,1-3H3/b10-7-,19-16-,26-24-,31-30-,34-33-,37-36-,40-39-,43-42-,47-45-. The molecule has 0 aliphatic rings. The summed E-state index contributed by atoms with van der Waals surface area (Å²) in [5, 5.41) is 0. The highest BCUT2D eigenvalue weighted by molar-refractivity contribution is 5.71. The van der Waals surface area contributed by atoms with Crippen molar-refractivity contribution in [1.82, 2.24) is 0 Å². The lowest BCUT2D eigenvalue weighted by atomic mass is 10.0. The van der Waals surface area contributed by atoms with Crippen LogP contribution in [0.4, 0.5) is 0 Å². The number of rotatable bonds is 64. The van der Waals surface area contributed by atoms with E-state index in [2.05, 4.69) is 130 Å². The molecule has 0 bridgehead atoms. The van der Waals surface area contributed by atoms with Gasteiger partial charge in [-0.25, -0.2) is 0 Å². The van der Waals surface area contributed by atoms with Crippen LogP contribution in [0.1, 0.15) is 342 Å². The number of hydrogen-bond acceptors (Lipinski definition) is 6. The summed E-state index contributed by atoms with van der Waals surface area (Å²) in [6, 6.07) is 0. The highest BCUT2D eigenvalue weighted by Crippen LogP contribution is 2.17.